The lowest BCUT2D eigenvalue weighted by Gasteiger charge is -1.97. The Hall–Kier alpha value is -0.900. The van der Waals surface area contributed by atoms with Gasteiger partial charge in [-0.05, 0) is 24.3 Å². The van der Waals surface area contributed by atoms with E-state index in [-0.39, 0.29) is 5.91 Å². The first-order chi connectivity index (χ1) is 6.36. The molecule has 0 atom stereocenters. The van der Waals surface area contributed by atoms with E-state index in [0.29, 0.717) is 13.2 Å². The quantitative estimate of drug-likeness (QED) is 0.781. The second-order valence-electron chi connectivity index (χ2n) is 2.73. The average Bonchev–Trinajstić information content (AvgIpc) is 2.82. The van der Waals surface area contributed by atoms with E-state index in [1.807, 2.05) is 17.5 Å². The first kappa shape index (κ1) is 10.2. The monoisotopic (exact) mass is 201 g/mol. The zero-order chi connectivity index (χ0) is 9.68. The van der Waals surface area contributed by atoms with Gasteiger partial charge < -0.3 is 5.32 Å². The number of carbonyl (C=O) groups excluding carboxylic acids is 1. The molecular weight excluding hydrogens is 189 g/mol. The van der Waals surface area contributed by atoms with Crippen LogP contribution in [0.15, 0.2) is 17.5 Å². The molecule has 1 aromatic heterocycles. The molecule has 0 spiro atoms. The zero-order valence-electron chi connectivity index (χ0n) is 7.42. The van der Waals surface area contributed by atoms with E-state index < -0.39 is 0 Å². The van der Waals surface area contributed by atoms with Gasteiger partial charge >= 0.3 is 0 Å². The molecule has 0 radical (unpaired) electrons. The van der Waals surface area contributed by atoms with Gasteiger partial charge in [-0.1, -0.05) is 6.07 Å². The molecule has 1 heterocycles. The SMILES string of the molecule is CF.O=C(NC1CC1)c1cccs1. The number of halogens is 1. The normalized spacial score (nSPS) is 14.3. The van der Waals surface area contributed by atoms with Crippen molar-refractivity contribution in [2.24, 2.45) is 0 Å². The number of hydrogen-bond acceptors (Lipinski definition) is 2. The predicted molar refractivity (Wildman–Crippen MR) is 51.8 cm³/mol. The number of hydrogen-bond donors (Lipinski definition) is 1. The van der Waals surface area contributed by atoms with E-state index in [0.717, 1.165) is 17.7 Å². The van der Waals surface area contributed by atoms with E-state index in [4.69, 9.17) is 0 Å². The summed E-state index contributed by atoms with van der Waals surface area (Å²) in [7, 11) is 0.500. The van der Waals surface area contributed by atoms with Crippen LogP contribution in [0.4, 0.5) is 4.39 Å². The van der Waals surface area contributed by atoms with Gasteiger partial charge in [-0.3, -0.25) is 9.18 Å². The van der Waals surface area contributed by atoms with Crippen LogP contribution < -0.4 is 5.32 Å². The van der Waals surface area contributed by atoms with E-state index in [9.17, 15) is 9.18 Å². The molecule has 1 saturated carbocycles. The molecule has 0 bridgehead atoms. The zero-order valence-corrected chi connectivity index (χ0v) is 8.23. The molecule has 13 heavy (non-hydrogen) atoms. The van der Waals surface area contributed by atoms with Gasteiger partial charge in [0.05, 0.1) is 12.1 Å². The lowest BCUT2D eigenvalue weighted by molar-refractivity contribution is 0.0955. The second-order valence-corrected chi connectivity index (χ2v) is 3.67. The molecule has 1 aliphatic carbocycles. The minimum Gasteiger partial charge on any atom is -0.349 e. The Bertz CT molecular complexity index is 257. The first-order valence-electron chi connectivity index (χ1n) is 4.08. The summed E-state index contributed by atoms with van der Waals surface area (Å²) in [5.74, 6) is 0.0856. The van der Waals surface area contributed by atoms with Crippen LogP contribution in [0.5, 0.6) is 0 Å². The number of amides is 1. The fourth-order valence-corrected chi connectivity index (χ4v) is 1.52. The second kappa shape index (κ2) is 4.97. The third kappa shape index (κ3) is 3.14. The molecule has 2 rings (SSSR count). The van der Waals surface area contributed by atoms with Crippen LogP contribution in [0.3, 0.4) is 0 Å². The maximum atomic E-state index is 11.3. The van der Waals surface area contributed by atoms with Crippen molar-refractivity contribution in [3.8, 4) is 0 Å². The third-order valence-electron chi connectivity index (χ3n) is 1.66. The number of nitrogens with one attached hydrogen (secondary N) is 1. The summed E-state index contributed by atoms with van der Waals surface area (Å²) < 4.78 is 9.50. The summed E-state index contributed by atoms with van der Waals surface area (Å²) in [5, 5.41) is 4.85. The summed E-state index contributed by atoms with van der Waals surface area (Å²) >= 11 is 1.49. The third-order valence-corrected chi connectivity index (χ3v) is 2.53. The van der Waals surface area contributed by atoms with Crippen LogP contribution in [-0.4, -0.2) is 19.1 Å². The lowest BCUT2D eigenvalue weighted by Crippen LogP contribution is -2.24. The molecule has 72 valence electrons. The summed E-state index contributed by atoms with van der Waals surface area (Å²) in [4.78, 5) is 12.1. The van der Waals surface area contributed by atoms with Gasteiger partial charge in [0.15, 0.2) is 0 Å². The maximum Gasteiger partial charge on any atom is 0.261 e. The maximum absolute atomic E-state index is 11.3. The van der Waals surface area contributed by atoms with E-state index in [1.54, 1.807) is 0 Å². The van der Waals surface area contributed by atoms with Gasteiger partial charge in [0.2, 0.25) is 0 Å². The molecule has 1 N–H and O–H groups in total. The molecule has 0 unspecified atom stereocenters. The molecule has 1 aliphatic rings. The summed E-state index contributed by atoms with van der Waals surface area (Å²) in [6.07, 6.45) is 2.30. The first-order valence-corrected chi connectivity index (χ1v) is 4.96. The Kier molecular flexibility index (Phi) is 3.89. The van der Waals surface area contributed by atoms with Crippen LogP contribution >= 0.6 is 11.3 Å². The lowest BCUT2D eigenvalue weighted by atomic mass is 10.4. The molecule has 1 fully saturated rings. The summed E-state index contributed by atoms with van der Waals surface area (Å²) in [6.45, 7) is 0. The van der Waals surface area contributed by atoms with Crippen LogP contribution in [0, 0.1) is 0 Å². The van der Waals surface area contributed by atoms with Crippen molar-refractivity contribution in [3.05, 3.63) is 22.4 Å². The van der Waals surface area contributed by atoms with Crippen molar-refractivity contribution >= 4 is 17.2 Å². The fraction of sp³-hybridized carbons (Fsp3) is 0.444. The topological polar surface area (TPSA) is 29.1 Å². The Morgan fingerprint density at radius 3 is 2.77 bits per heavy atom. The van der Waals surface area contributed by atoms with Crippen molar-refractivity contribution in [1.82, 2.24) is 5.32 Å². The van der Waals surface area contributed by atoms with Crippen molar-refractivity contribution in [1.29, 1.82) is 0 Å². The molecule has 2 nitrogen and oxygen atoms in total. The minimum atomic E-state index is 0.0856. The summed E-state index contributed by atoms with van der Waals surface area (Å²) in [5.41, 5.74) is 0. The van der Waals surface area contributed by atoms with E-state index >= 15 is 0 Å². The fourth-order valence-electron chi connectivity index (χ4n) is 0.892. The van der Waals surface area contributed by atoms with Crippen LogP contribution in [0.1, 0.15) is 22.5 Å². The van der Waals surface area contributed by atoms with Crippen LogP contribution in [0.25, 0.3) is 0 Å². The van der Waals surface area contributed by atoms with Crippen molar-refractivity contribution < 1.29 is 9.18 Å². The van der Waals surface area contributed by atoms with Gasteiger partial charge in [0, 0.05) is 6.04 Å². The van der Waals surface area contributed by atoms with E-state index in [1.165, 1.54) is 11.3 Å². The highest BCUT2D eigenvalue weighted by atomic mass is 32.1. The van der Waals surface area contributed by atoms with Gasteiger partial charge in [0.1, 0.15) is 0 Å². The van der Waals surface area contributed by atoms with Crippen LogP contribution in [-0.2, 0) is 0 Å². The molecule has 1 aromatic rings. The van der Waals surface area contributed by atoms with Crippen LogP contribution in [0.2, 0.25) is 0 Å². The highest BCUT2D eigenvalue weighted by Crippen LogP contribution is 2.20. The molecule has 0 aromatic carbocycles. The standard InChI is InChI=1S/C8H9NOS.CH3F/c10-8(9-6-3-4-6)7-2-1-5-11-7;1-2/h1-2,5-6H,3-4H2,(H,9,10);1H3. The number of alkyl halides is 1. The molecule has 4 heteroatoms. The van der Waals surface area contributed by atoms with Crippen molar-refractivity contribution in [2.75, 3.05) is 7.18 Å². The smallest absolute Gasteiger partial charge is 0.261 e. The number of rotatable bonds is 2. The average molecular weight is 201 g/mol. The molecule has 0 aliphatic heterocycles. The highest BCUT2D eigenvalue weighted by molar-refractivity contribution is 7.12. The predicted octanol–water partition coefficient (Wildman–Crippen LogP) is 2.23. The molecular formula is C9H12FNOS. The summed E-state index contributed by atoms with van der Waals surface area (Å²) in [6, 6.07) is 4.21. The van der Waals surface area contributed by atoms with Gasteiger partial charge in [-0.15, -0.1) is 11.3 Å². The van der Waals surface area contributed by atoms with Gasteiger partial charge in [0.25, 0.3) is 5.91 Å². The Labute approximate surface area is 80.8 Å². The van der Waals surface area contributed by atoms with Gasteiger partial charge in [-0.25, -0.2) is 0 Å². The molecule has 0 saturated heterocycles. The van der Waals surface area contributed by atoms with E-state index in [2.05, 4.69) is 5.32 Å². The number of thiophene rings is 1. The Morgan fingerprint density at radius 2 is 2.31 bits per heavy atom. The largest absolute Gasteiger partial charge is 0.349 e. The van der Waals surface area contributed by atoms with Crippen molar-refractivity contribution in [3.63, 3.8) is 0 Å². The number of carbonyl (C=O) groups is 1. The highest BCUT2D eigenvalue weighted by Gasteiger charge is 2.23. The van der Waals surface area contributed by atoms with Gasteiger partial charge in [-0.2, -0.15) is 0 Å². The minimum absolute atomic E-state index is 0.0856. The molecule has 1 amide bonds. The van der Waals surface area contributed by atoms with Crippen molar-refractivity contribution in [2.45, 2.75) is 18.9 Å². The Morgan fingerprint density at radius 1 is 1.62 bits per heavy atom. The Balaban J connectivity index is 0.000000396.